The average molecular weight is 346 g/mol. The molecule has 1 saturated heterocycles. The first-order chi connectivity index (χ1) is 11.7. The zero-order valence-electron chi connectivity index (χ0n) is 15.2. The molecule has 0 aromatic carbocycles. The molecule has 0 aromatic rings. The highest BCUT2D eigenvalue weighted by molar-refractivity contribution is 5.91. The van der Waals surface area contributed by atoms with Gasteiger partial charge in [0.25, 0.3) is 0 Å². The summed E-state index contributed by atoms with van der Waals surface area (Å²) in [6.45, 7) is 11.0. The van der Waals surface area contributed by atoms with Gasteiger partial charge in [0.15, 0.2) is 0 Å². The van der Waals surface area contributed by atoms with Crippen LogP contribution in [0.2, 0.25) is 0 Å². The number of carbonyl (C=O) groups is 2. The summed E-state index contributed by atoms with van der Waals surface area (Å²) in [7, 11) is 0. The fourth-order valence-corrected chi connectivity index (χ4v) is 3.10. The molecule has 5 nitrogen and oxygen atoms in total. The molecule has 4 atom stereocenters. The van der Waals surface area contributed by atoms with E-state index in [4.69, 9.17) is 9.47 Å². The topological polar surface area (TPSA) is 72.8 Å². The zero-order chi connectivity index (χ0) is 18.7. The first-order valence-corrected chi connectivity index (χ1v) is 8.50. The molecular formula is C20H26O5. The van der Waals surface area contributed by atoms with Crippen molar-refractivity contribution in [1.29, 1.82) is 0 Å². The van der Waals surface area contributed by atoms with Crippen LogP contribution in [0.4, 0.5) is 0 Å². The maximum Gasteiger partial charge on any atom is 0.334 e. The van der Waals surface area contributed by atoms with Gasteiger partial charge in [0, 0.05) is 17.1 Å². The summed E-state index contributed by atoms with van der Waals surface area (Å²) in [5, 5.41) is 10.2. The zero-order valence-corrected chi connectivity index (χ0v) is 15.2. The Morgan fingerprint density at radius 2 is 2.08 bits per heavy atom. The highest BCUT2D eigenvalue weighted by Gasteiger charge is 2.40. The monoisotopic (exact) mass is 346 g/mol. The number of esters is 2. The maximum absolute atomic E-state index is 12.2. The third-order valence-electron chi connectivity index (χ3n) is 4.76. The Hall–Kier alpha value is -2.14. The van der Waals surface area contributed by atoms with E-state index in [1.165, 1.54) is 0 Å². The molecule has 5 heteroatoms. The maximum atomic E-state index is 12.2. The van der Waals surface area contributed by atoms with E-state index in [1.54, 1.807) is 26.0 Å². The van der Waals surface area contributed by atoms with Crippen molar-refractivity contribution >= 4 is 11.9 Å². The van der Waals surface area contributed by atoms with Gasteiger partial charge in [-0.3, -0.25) is 0 Å². The van der Waals surface area contributed by atoms with Crippen molar-refractivity contribution in [3.8, 4) is 0 Å². The van der Waals surface area contributed by atoms with Crippen LogP contribution < -0.4 is 0 Å². The molecule has 0 saturated carbocycles. The second kappa shape index (κ2) is 7.83. The summed E-state index contributed by atoms with van der Waals surface area (Å²) < 4.78 is 11.0. The van der Waals surface area contributed by atoms with Crippen molar-refractivity contribution < 1.29 is 24.2 Å². The minimum atomic E-state index is -0.683. The van der Waals surface area contributed by atoms with Crippen LogP contribution in [0, 0.1) is 5.92 Å². The number of hydrogen-bond acceptors (Lipinski definition) is 5. The number of carbonyl (C=O) groups excluding carboxylic acids is 2. The second-order valence-corrected chi connectivity index (χ2v) is 6.80. The lowest BCUT2D eigenvalue weighted by atomic mass is 9.86. The van der Waals surface area contributed by atoms with Crippen LogP contribution in [0.3, 0.4) is 0 Å². The number of aliphatic hydroxyl groups excluding tert-OH is 1. The number of fused-ring (bicyclic) bond motifs is 1. The molecule has 1 fully saturated rings. The largest absolute Gasteiger partial charge is 0.454 e. The lowest BCUT2D eigenvalue weighted by molar-refractivity contribution is -0.144. The van der Waals surface area contributed by atoms with Gasteiger partial charge in [-0.2, -0.15) is 0 Å². The van der Waals surface area contributed by atoms with Crippen LogP contribution in [0.15, 0.2) is 47.1 Å². The number of ether oxygens (including phenoxy) is 2. The van der Waals surface area contributed by atoms with Crippen LogP contribution >= 0.6 is 0 Å². The van der Waals surface area contributed by atoms with Gasteiger partial charge in [-0.25, -0.2) is 9.59 Å². The number of hydrogen-bond donors (Lipinski definition) is 1. The predicted octanol–water partition coefficient (Wildman–Crippen LogP) is 3.01. The number of rotatable bonds is 2. The molecule has 0 radical (unpaired) electrons. The number of aliphatic hydroxyl groups is 1. The van der Waals surface area contributed by atoms with Gasteiger partial charge in [0.1, 0.15) is 12.2 Å². The minimum Gasteiger partial charge on any atom is -0.454 e. The van der Waals surface area contributed by atoms with Crippen molar-refractivity contribution in [3.63, 3.8) is 0 Å². The number of allylic oxidation sites excluding steroid dienone is 1. The van der Waals surface area contributed by atoms with Crippen molar-refractivity contribution in [1.82, 2.24) is 0 Å². The summed E-state index contributed by atoms with van der Waals surface area (Å²) in [6, 6.07) is 0. The average Bonchev–Trinajstić information content (AvgIpc) is 2.79. The van der Waals surface area contributed by atoms with Crippen LogP contribution in [-0.2, 0) is 19.1 Å². The smallest absolute Gasteiger partial charge is 0.334 e. The van der Waals surface area contributed by atoms with Crippen LogP contribution in [-0.4, -0.2) is 35.4 Å². The van der Waals surface area contributed by atoms with Gasteiger partial charge < -0.3 is 14.6 Å². The molecular weight excluding hydrogens is 320 g/mol. The molecule has 0 amide bonds. The molecule has 0 bridgehead atoms. The van der Waals surface area contributed by atoms with E-state index in [0.29, 0.717) is 24.0 Å². The van der Waals surface area contributed by atoms with Crippen molar-refractivity contribution in [2.45, 2.75) is 58.8 Å². The van der Waals surface area contributed by atoms with Gasteiger partial charge in [-0.1, -0.05) is 24.3 Å². The highest BCUT2D eigenvalue weighted by Crippen LogP contribution is 2.35. The third-order valence-corrected chi connectivity index (χ3v) is 4.76. The fraction of sp³-hybridized carbons (Fsp3) is 0.500. The SMILES string of the molecule is C=C1C(=O)O[C@@H]2/C=C(\C)C[C@H](O)/C=C(\C)[C@@H](OC(=O)/C(C)=C\C)C[C@@H]12. The Bertz CT molecular complexity index is 668. The lowest BCUT2D eigenvalue weighted by Crippen LogP contribution is -2.28. The van der Waals surface area contributed by atoms with Gasteiger partial charge >= 0.3 is 11.9 Å². The van der Waals surface area contributed by atoms with E-state index < -0.39 is 30.3 Å². The predicted molar refractivity (Wildman–Crippen MR) is 94.6 cm³/mol. The molecule has 1 N–H and O–H groups in total. The van der Waals surface area contributed by atoms with Crippen LogP contribution in [0.5, 0.6) is 0 Å². The quantitative estimate of drug-likeness (QED) is 0.473. The summed E-state index contributed by atoms with van der Waals surface area (Å²) in [5.41, 5.74) is 2.60. The summed E-state index contributed by atoms with van der Waals surface area (Å²) in [4.78, 5) is 24.1. The fourth-order valence-electron chi connectivity index (χ4n) is 3.10. The first kappa shape index (κ1) is 19.2. The summed E-state index contributed by atoms with van der Waals surface area (Å²) in [5.74, 6) is -1.09. The Balaban J connectivity index is 2.36. The minimum absolute atomic E-state index is 0.259. The van der Waals surface area contributed by atoms with Gasteiger partial charge in [-0.05, 0) is 52.2 Å². The second-order valence-electron chi connectivity index (χ2n) is 6.80. The van der Waals surface area contributed by atoms with Crippen LogP contribution in [0.1, 0.15) is 40.5 Å². The summed E-state index contributed by atoms with van der Waals surface area (Å²) in [6.07, 6.45) is 4.39. The van der Waals surface area contributed by atoms with Crippen molar-refractivity contribution in [2.75, 3.05) is 0 Å². The Morgan fingerprint density at radius 3 is 2.72 bits per heavy atom. The van der Waals surface area contributed by atoms with E-state index >= 15 is 0 Å². The molecule has 2 rings (SSSR count). The van der Waals surface area contributed by atoms with Gasteiger partial charge in [0.2, 0.25) is 0 Å². The van der Waals surface area contributed by atoms with Gasteiger partial charge in [-0.15, -0.1) is 0 Å². The lowest BCUT2D eigenvalue weighted by Gasteiger charge is -2.26. The molecule has 25 heavy (non-hydrogen) atoms. The Morgan fingerprint density at radius 1 is 1.40 bits per heavy atom. The third kappa shape index (κ3) is 4.48. The first-order valence-electron chi connectivity index (χ1n) is 8.50. The Labute approximate surface area is 148 Å². The highest BCUT2D eigenvalue weighted by atomic mass is 16.6. The Kier molecular flexibility index (Phi) is 6.01. The normalized spacial score (nSPS) is 35.0. The van der Waals surface area contributed by atoms with E-state index in [-0.39, 0.29) is 5.92 Å². The van der Waals surface area contributed by atoms with E-state index in [2.05, 4.69) is 6.58 Å². The molecule has 0 unspecified atom stereocenters. The van der Waals surface area contributed by atoms with E-state index in [0.717, 1.165) is 11.1 Å². The molecule has 2 aliphatic rings. The van der Waals surface area contributed by atoms with Crippen molar-refractivity contribution in [2.24, 2.45) is 5.92 Å². The van der Waals surface area contributed by atoms with Gasteiger partial charge in [0.05, 0.1) is 6.10 Å². The van der Waals surface area contributed by atoms with Crippen molar-refractivity contribution in [3.05, 3.63) is 47.1 Å². The summed E-state index contributed by atoms with van der Waals surface area (Å²) >= 11 is 0. The molecule has 136 valence electrons. The molecule has 1 aliphatic heterocycles. The molecule has 0 spiro atoms. The van der Waals surface area contributed by atoms with E-state index in [1.807, 2.05) is 19.9 Å². The standard InChI is InChI=1S/C20H26O5/c1-6-12(3)19(22)24-17-10-16-14(5)20(23)25-18(16)8-11(2)7-15(21)9-13(17)4/h6,8-9,15-18,21H,5,7,10H2,1-4H3/b11-8+,12-6-,13-9+/t15-,16-,17-,18+/m0/s1. The van der Waals surface area contributed by atoms with E-state index in [9.17, 15) is 14.7 Å². The van der Waals surface area contributed by atoms with Crippen LogP contribution in [0.25, 0.3) is 0 Å². The molecule has 1 aliphatic carbocycles. The molecule has 1 heterocycles. The molecule has 0 aromatic heterocycles.